The minimum Gasteiger partial charge on any atom is -0.496 e. The number of nitrogens with zero attached hydrogens (tertiary/aromatic N) is 4. The van der Waals surface area contributed by atoms with Gasteiger partial charge in [-0.15, -0.1) is 0 Å². The SMILES string of the molecule is COc1cc(N2CCC(=O)CC2)ccc1-c1nc2c(c(-c3ccccc3)nn2C)c(=O)[nH]1. The lowest BCUT2D eigenvalue weighted by molar-refractivity contribution is -0.119. The number of H-pyrrole nitrogens is 1. The number of hydrogen-bond acceptors (Lipinski definition) is 6. The third-order valence-electron chi connectivity index (χ3n) is 5.87. The van der Waals surface area contributed by atoms with Gasteiger partial charge in [-0.05, 0) is 12.1 Å². The lowest BCUT2D eigenvalue weighted by atomic mass is 10.1. The smallest absolute Gasteiger partial charge is 0.262 e. The number of ketones is 1. The number of carbonyl (C=O) groups excluding carboxylic acids is 1. The molecular weight excluding hydrogens is 406 g/mol. The van der Waals surface area contributed by atoms with E-state index in [4.69, 9.17) is 9.72 Å². The number of hydrogen-bond donors (Lipinski definition) is 1. The Morgan fingerprint density at radius 3 is 2.50 bits per heavy atom. The molecule has 8 heteroatoms. The van der Waals surface area contributed by atoms with Crippen LogP contribution in [0, 0.1) is 0 Å². The number of fused-ring (bicyclic) bond motifs is 1. The summed E-state index contributed by atoms with van der Waals surface area (Å²) in [5.41, 5.74) is 3.38. The van der Waals surface area contributed by atoms with E-state index in [0.717, 1.165) is 11.3 Å². The minimum absolute atomic E-state index is 0.252. The molecule has 0 atom stereocenters. The molecule has 0 saturated carbocycles. The Hall–Kier alpha value is -3.94. The summed E-state index contributed by atoms with van der Waals surface area (Å²) in [6.45, 7) is 1.39. The summed E-state index contributed by atoms with van der Waals surface area (Å²) in [7, 11) is 3.37. The second-order valence-corrected chi connectivity index (χ2v) is 7.86. The number of piperidine rings is 1. The van der Waals surface area contributed by atoms with E-state index >= 15 is 0 Å². The van der Waals surface area contributed by atoms with E-state index in [1.807, 2.05) is 48.5 Å². The quantitative estimate of drug-likeness (QED) is 0.536. The number of benzene rings is 2. The Labute approximate surface area is 184 Å². The molecule has 0 unspecified atom stereocenters. The lowest BCUT2D eigenvalue weighted by Gasteiger charge is -2.28. The Bertz CT molecular complexity index is 1360. The van der Waals surface area contributed by atoms with Crippen LogP contribution in [0.25, 0.3) is 33.7 Å². The van der Waals surface area contributed by atoms with Gasteiger partial charge in [-0.3, -0.25) is 9.59 Å². The monoisotopic (exact) mass is 429 g/mol. The van der Waals surface area contributed by atoms with Gasteiger partial charge in [-0.2, -0.15) is 5.10 Å². The van der Waals surface area contributed by atoms with Crippen LogP contribution >= 0.6 is 0 Å². The first-order valence-corrected chi connectivity index (χ1v) is 10.5. The fourth-order valence-electron chi connectivity index (χ4n) is 4.17. The predicted octanol–water partition coefficient (Wildman–Crippen LogP) is 3.17. The first-order chi connectivity index (χ1) is 15.5. The van der Waals surface area contributed by atoms with Crippen LogP contribution in [0.15, 0.2) is 53.3 Å². The number of rotatable bonds is 4. The molecule has 4 aromatic rings. The second kappa shape index (κ2) is 7.96. The van der Waals surface area contributed by atoms with E-state index in [-0.39, 0.29) is 5.56 Å². The highest BCUT2D eigenvalue weighted by Gasteiger charge is 2.21. The van der Waals surface area contributed by atoms with Gasteiger partial charge in [0.05, 0.1) is 12.7 Å². The maximum atomic E-state index is 13.1. The minimum atomic E-state index is -0.252. The number of carbonyl (C=O) groups is 1. The largest absolute Gasteiger partial charge is 0.496 e. The number of Topliss-reactive ketones (excluding diaryl/α,β-unsaturated/α-hetero) is 1. The summed E-state index contributed by atoms with van der Waals surface area (Å²) in [6.07, 6.45) is 1.11. The Morgan fingerprint density at radius 2 is 1.78 bits per heavy atom. The average Bonchev–Trinajstić information content (AvgIpc) is 3.16. The molecular formula is C24H23N5O3. The zero-order valence-corrected chi connectivity index (χ0v) is 18.0. The summed E-state index contributed by atoms with van der Waals surface area (Å²) in [4.78, 5) is 34.5. The van der Waals surface area contributed by atoms with E-state index in [9.17, 15) is 9.59 Å². The first-order valence-electron chi connectivity index (χ1n) is 10.5. The Balaban J connectivity index is 1.58. The molecule has 8 nitrogen and oxygen atoms in total. The topological polar surface area (TPSA) is 93.1 Å². The zero-order chi connectivity index (χ0) is 22.2. The van der Waals surface area contributed by atoms with E-state index in [1.54, 1.807) is 18.8 Å². The van der Waals surface area contributed by atoms with Crippen molar-refractivity contribution in [1.82, 2.24) is 19.7 Å². The summed E-state index contributed by atoms with van der Waals surface area (Å²) < 4.78 is 7.26. The van der Waals surface area contributed by atoms with E-state index < -0.39 is 0 Å². The van der Waals surface area contributed by atoms with Gasteiger partial charge in [0.2, 0.25) is 0 Å². The van der Waals surface area contributed by atoms with Crippen LogP contribution in [0.5, 0.6) is 5.75 Å². The van der Waals surface area contributed by atoms with Crippen molar-refractivity contribution in [2.45, 2.75) is 12.8 Å². The molecule has 0 radical (unpaired) electrons. The highest BCUT2D eigenvalue weighted by Crippen LogP contribution is 2.33. The summed E-state index contributed by atoms with van der Waals surface area (Å²) >= 11 is 0. The molecule has 32 heavy (non-hydrogen) atoms. The fraction of sp³-hybridized carbons (Fsp3) is 0.250. The molecule has 162 valence electrons. The van der Waals surface area contributed by atoms with Crippen molar-refractivity contribution in [3.05, 3.63) is 58.9 Å². The van der Waals surface area contributed by atoms with Crippen molar-refractivity contribution in [3.8, 4) is 28.4 Å². The van der Waals surface area contributed by atoms with Gasteiger partial charge < -0.3 is 14.6 Å². The van der Waals surface area contributed by atoms with Crippen LogP contribution < -0.4 is 15.2 Å². The van der Waals surface area contributed by atoms with E-state index in [1.165, 1.54) is 0 Å². The Morgan fingerprint density at radius 1 is 1.03 bits per heavy atom. The summed E-state index contributed by atoms with van der Waals surface area (Å²) in [5, 5.41) is 5.00. The standard InChI is InChI=1S/C24H23N5O3/c1-28-23-20(21(27-28)15-6-4-3-5-7-15)24(31)26-22(25-23)18-9-8-16(14-19(18)32-2)29-12-10-17(30)11-13-29/h3-9,14H,10-13H2,1-2H3,(H,25,26,31). The molecule has 0 amide bonds. The van der Waals surface area contributed by atoms with Crippen molar-refractivity contribution in [2.75, 3.05) is 25.1 Å². The third-order valence-corrected chi connectivity index (χ3v) is 5.87. The molecule has 3 heterocycles. The number of aryl methyl sites for hydroxylation is 1. The lowest BCUT2D eigenvalue weighted by Crippen LogP contribution is -2.33. The average molecular weight is 429 g/mol. The van der Waals surface area contributed by atoms with Gasteiger partial charge in [0.1, 0.15) is 28.4 Å². The molecule has 0 aliphatic carbocycles. The van der Waals surface area contributed by atoms with Crippen molar-refractivity contribution in [3.63, 3.8) is 0 Å². The second-order valence-electron chi connectivity index (χ2n) is 7.86. The molecule has 2 aromatic carbocycles. The van der Waals surface area contributed by atoms with Crippen LogP contribution in [0.3, 0.4) is 0 Å². The molecule has 1 N–H and O–H groups in total. The molecule has 1 aliphatic heterocycles. The predicted molar refractivity (Wildman–Crippen MR) is 123 cm³/mol. The summed E-state index contributed by atoms with van der Waals surface area (Å²) in [5.74, 6) is 1.32. The zero-order valence-electron chi connectivity index (χ0n) is 18.0. The van der Waals surface area contributed by atoms with Crippen LogP contribution in [-0.2, 0) is 11.8 Å². The molecule has 0 bridgehead atoms. The molecule has 1 saturated heterocycles. The maximum Gasteiger partial charge on any atom is 0.262 e. The molecule has 1 fully saturated rings. The van der Waals surface area contributed by atoms with Crippen molar-refractivity contribution < 1.29 is 9.53 Å². The van der Waals surface area contributed by atoms with Gasteiger partial charge >= 0.3 is 0 Å². The van der Waals surface area contributed by atoms with Crippen LogP contribution in [0.1, 0.15) is 12.8 Å². The van der Waals surface area contributed by atoms with Gasteiger partial charge in [0.25, 0.3) is 5.56 Å². The number of anilines is 1. The normalized spacial score (nSPS) is 14.2. The number of aromatic nitrogens is 4. The third kappa shape index (κ3) is 3.43. The number of aromatic amines is 1. The molecule has 2 aromatic heterocycles. The van der Waals surface area contributed by atoms with Crippen LogP contribution in [0.4, 0.5) is 5.69 Å². The molecule has 0 spiro atoms. The number of ether oxygens (including phenoxy) is 1. The van der Waals surface area contributed by atoms with Gasteiger partial charge in [-0.1, -0.05) is 30.3 Å². The number of nitrogens with one attached hydrogen (secondary N) is 1. The van der Waals surface area contributed by atoms with Gasteiger partial charge in [-0.25, -0.2) is 9.67 Å². The van der Waals surface area contributed by atoms with Crippen molar-refractivity contribution >= 4 is 22.5 Å². The highest BCUT2D eigenvalue weighted by atomic mass is 16.5. The maximum absolute atomic E-state index is 13.1. The van der Waals surface area contributed by atoms with Crippen LogP contribution in [0.2, 0.25) is 0 Å². The van der Waals surface area contributed by atoms with E-state index in [2.05, 4.69) is 15.0 Å². The molecule has 5 rings (SSSR count). The van der Waals surface area contributed by atoms with E-state index in [0.29, 0.717) is 65.6 Å². The fourth-order valence-corrected chi connectivity index (χ4v) is 4.17. The Kier molecular flexibility index (Phi) is 4.97. The molecule has 1 aliphatic rings. The van der Waals surface area contributed by atoms with Gasteiger partial charge in [0, 0.05) is 50.3 Å². The van der Waals surface area contributed by atoms with Crippen LogP contribution in [-0.4, -0.2) is 45.7 Å². The first kappa shape index (κ1) is 20.0. The van der Waals surface area contributed by atoms with Gasteiger partial charge in [0.15, 0.2) is 5.65 Å². The highest BCUT2D eigenvalue weighted by molar-refractivity contribution is 5.91. The van der Waals surface area contributed by atoms with Crippen molar-refractivity contribution in [2.24, 2.45) is 7.05 Å². The number of methoxy groups -OCH3 is 1. The van der Waals surface area contributed by atoms with Crippen molar-refractivity contribution in [1.29, 1.82) is 0 Å². The summed E-state index contributed by atoms with van der Waals surface area (Å²) in [6, 6.07) is 15.4.